The maximum atomic E-state index is 12.1. The third kappa shape index (κ3) is 4.90. The second kappa shape index (κ2) is 6.81. The van der Waals surface area contributed by atoms with E-state index in [1.807, 2.05) is 0 Å². The van der Waals surface area contributed by atoms with Gasteiger partial charge in [0.25, 0.3) is 5.91 Å². The normalized spacial score (nSPS) is 18.2. The lowest BCUT2D eigenvalue weighted by Crippen LogP contribution is -2.36. The maximum Gasteiger partial charge on any atom is 0.573 e. The van der Waals surface area contributed by atoms with Gasteiger partial charge in [0.2, 0.25) is 0 Å². The highest BCUT2D eigenvalue weighted by molar-refractivity contribution is 5.94. The molecule has 112 valence electrons. The molecule has 0 saturated carbocycles. The van der Waals surface area contributed by atoms with Gasteiger partial charge in [-0.2, -0.15) is 0 Å². The zero-order valence-electron chi connectivity index (χ0n) is 10.4. The smallest absolute Gasteiger partial charge is 0.406 e. The molecule has 0 radical (unpaired) electrons. The van der Waals surface area contributed by atoms with Gasteiger partial charge in [-0.05, 0) is 31.2 Å². The molecule has 0 aliphatic carbocycles. The lowest BCUT2D eigenvalue weighted by atomic mass is 10.2. The number of carbonyl (C=O) groups excluding carboxylic acids is 1. The van der Waals surface area contributed by atoms with Crippen LogP contribution in [-0.4, -0.2) is 31.4 Å². The molecule has 8 heteroatoms. The second-order valence-electron chi connectivity index (χ2n) is 4.24. The average molecular weight is 311 g/mol. The molecule has 1 fully saturated rings. The molecule has 20 heavy (non-hydrogen) atoms. The van der Waals surface area contributed by atoms with Gasteiger partial charge in [0.1, 0.15) is 5.75 Å². The first-order valence-corrected chi connectivity index (χ1v) is 5.81. The van der Waals surface area contributed by atoms with E-state index < -0.39 is 18.0 Å². The molecular weight excluding hydrogens is 297 g/mol. The van der Waals surface area contributed by atoms with Gasteiger partial charge in [0.15, 0.2) is 0 Å². The van der Waals surface area contributed by atoms with Crippen LogP contribution < -0.4 is 15.4 Å². The summed E-state index contributed by atoms with van der Waals surface area (Å²) in [6, 6.07) is 5.04. The summed E-state index contributed by atoms with van der Waals surface area (Å²) in [7, 11) is 0. The largest absolute Gasteiger partial charge is 0.573 e. The highest BCUT2D eigenvalue weighted by atomic mass is 35.5. The number of ether oxygens (including phenoxy) is 1. The third-order valence-corrected chi connectivity index (χ3v) is 2.73. The van der Waals surface area contributed by atoms with Crippen molar-refractivity contribution in [3.63, 3.8) is 0 Å². The van der Waals surface area contributed by atoms with Crippen molar-refractivity contribution >= 4 is 18.3 Å². The molecule has 1 aliphatic heterocycles. The minimum Gasteiger partial charge on any atom is -0.406 e. The molecule has 1 aliphatic rings. The number of halogens is 4. The number of nitrogens with one attached hydrogen (secondary N) is 2. The van der Waals surface area contributed by atoms with E-state index in [1.165, 1.54) is 12.1 Å². The Morgan fingerprint density at radius 1 is 1.40 bits per heavy atom. The summed E-state index contributed by atoms with van der Waals surface area (Å²) < 4.78 is 40.0. The number of amides is 1. The van der Waals surface area contributed by atoms with Gasteiger partial charge < -0.3 is 15.4 Å². The molecule has 0 bridgehead atoms. The number of rotatable bonds is 3. The van der Waals surface area contributed by atoms with Crippen molar-refractivity contribution in [2.75, 3.05) is 13.1 Å². The Kier molecular flexibility index (Phi) is 5.64. The number of hydrogen-bond acceptors (Lipinski definition) is 3. The second-order valence-corrected chi connectivity index (χ2v) is 4.24. The zero-order chi connectivity index (χ0) is 13.9. The minimum absolute atomic E-state index is 0. The summed E-state index contributed by atoms with van der Waals surface area (Å²) in [5.74, 6) is -0.800. The van der Waals surface area contributed by atoms with Crippen molar-refractivity contribution in [3.8, 4) is 5.75 Å². The van der Waals surface area contributed by atoms with Crippen molar-refractivity contribution in [2.45, 2.75) is 18.8 Å². The van der Waals surface area contributed by atoms with Crippen LogP contribution in [0.2, 0.25) is 0 Å². The first kappa shape index (κ1) is 16.6. The molecule has 1 aromatic carbocycles. The summed E-state index contributed by atoms with van der Waals surface area (Å²) in [4.78, 5) is 11.8. The SMILES string of the molecule is Cl.O=C(NC1CCNC1)c1cccc(OC(F)(F)F)c1. The fraction of sp³-hybridized carbons (Fsp3) is 0.417. The summed E-state index contributed by atoms with van der Waals surface area (Å²) in [5, 5.41) is 5.83. The monoisotopic (exact) mass is 310 g/mol. The van der Waals surface area contributed by atoms with Crippen LogP contribution in [0.4, 0.5) is 13.2 Å². The molecule has 1 heterocycles. The predicted octanol–water partition coefficient (Wildman–Crippen LogP) is 2.10. The van der Waals surface area contributed by atoms with E-state index in [1.54, 1.807) is 0 Å². The standard InChI is InChI=1S/C12H13F3N2O2.ClH/c13-12(14,15)19-10-3-1-2-8(6-10)11(18)17-9-4-5-16-7-9;/h1-3,6,9,16H,4-5,7H2,(H,17,18);1H. The van der Waals surface area contributed by atoms with Gasteiger partial charge in [0, 0.05) is 18.2 Å². The fourth-order valence-electron chi connectivity index (χ4n) is 1.88. The molecule has 1 saturated heterocycles. The molecule has 4 nitrogen and oxygen atoms in total. The van der Waals surface area contributed by atoms with Gasteiger partial charge in [-0.25, -0.2) is 0 Å². The molecule has 1 unspecified atom stereocenters. The number of benzene rings is 1. The van der Waals surface area contributed by atoms with Crippen molar-refractivity contribution in [3.05, 3.63) is 29.8 Å². The first-order valence-electron chi connectivity index (χ1n) is 5.81. The summed E-state index contributed by atoms with van der Waals surface area (Å²) in [6.45, 7) is 1.49. The molecular formula is C12H14ClF3N2O2. The Morgan fingerprint density at radius 3 is 2.75 bits per heavy atom. The number of alkyl halides is 3. The van der Waals surface area contributed by atoms with E-state index in [4.69, 9.17) is 0 Å². The number of carbonyl (C=O) groups is 1. The highest BCUT2D eigenvalue weighted by Gasteiger charge is 2.31. The maximum absolute atomic E-state index is 12.1. The predicted molar refractivity (Wildman–Crippen MR) is 69.1 cm³/mol. The summed E-state index contributed by atoms with van der Waals surface area (Å²) >= 11 is 0. The van der Waals surface area contributed by atoms with Crippen LogP contribution in [-0.2, 0) is 0 Å². The topological polar surface area (TPSA) is 50.4 Å². The molecule has 0 spiro atoms. The van der Waals surface area contributed by atoms with Crippen LogP contribution in [0.15, 0.2) is 24.3 Å². The van der Waals surface area contributed by atoms with Gasteiger partial charge in [-0.3, -0.25) is 4.79 Å². The van der Waals surface area contributed by atoms with Crippen LogP contribution >= 0.6 is 12.4 Å². The van der Waals surface area contributed by atoms with Crippen molar-refractivity contribution in [1.82, 2.24) is 10.6 Å². The highest BCUT2D eigenvalue weighted by Crippen LogP contribution is 2.23. The Bertz CT molecular complexity index is 462. The lowest BCUT2D eigenvalue weighted by Gasteiger charge is -2.13. The van der Waals surface area contributed by atoms with Crippen LogP contribution in [0.5, 0.6) is 5.75 Å². The van der Waals surface area contributed by atoms with Gasteiger partial charge in [0.05, 0.1) is 0 Å². The van der Waals surface area contributed by atoms with Crippen LogP contribution in [0.25, 0.3) is 0 Å². The Hall–Kier alpha value is -1.47. The number of hydrogen-bond donors (Lipinski definition) is 2. The zero-order valence-corrected chi connectivity index (χ0v) is 11.2. The average Bonchev–Trinajstić information content (AvgIpc) is 2.80. The van der Waals surface area contributed by atoms with Crippen LogP contribution in [0.3, 0.4) is 0 Å². The van der Waals surface area contributed by atoms with E-state index in [0.29, 0.717) is 6.54 Å². The summed E-state index contributed by atoms with van der Waals surface area (Å²) in [6.07, 6.45) is -3.95. The summed E-state index contributed by atoms with van der Waals surface area (Å²) in [5.41, 5.74) is 0.147. The molecule has 2 rings (SSSR count). The van der Waals surface area contributed by atoms with Crippen molar-refractivity contribution in [1.29, 1.82) is 0 Å². The first-order chi connectivity index (χ1) is 8.94. The van der Waals surface area contributed by atoms with Gasteiger partial charge in [-0.1, -0.05) is 6.07 Å². The van der Waals surface area contributed by atoms with Crippen LogP contribution in [0.1, 0.15) is 16.8 Å². The molecule has 2 N–H and O–H groups in total. The van der Waals surface area contributed by atoms with Gasteiger partial charge >= 0.3 is 6.36 Å². The fourth-order valence-corrected chi connectivity index (χ4v) is 1.88. The Morgan fingerprint density at radius 2 is 2.15 bits per heavy atom. The Balaban J connectivity index is 0.00000200. The van der Waals surface area contributed by atoms with E-state index in [9.17, 15) is 18.0 Å². The van der Waals surface area contributed by atoms with E-state index >= 15 is 0 Å². The van der Waals surface area contributed by atoms with E-state index in [2.05, 4.69) is 15.4 Å². The minimum atomic E-state index is -4.76. The van der Waals surface area contributed by atoms with Gasteiger partial charge in [-0.15, -0.1) is 25.6 Å². The van der Waals surface area contributed by atoms with Crippen molar-refractivity contribution < 1.29 is 22.7 Å². The molecule has 1 aromatic rings. The van der Waals surface area contributed by atoms with Crippen molar-refractivity contribution in [2.24, 2.45) is 0 Å². The lowest BCUT2D eigenvalue weighted by molar-refractivity contribution is -0.274. The Labute approximate surface area is 120 Å². The molecule has 1 amide bonds. The van der Waals surface area contributed by atoms with E-state index in [0.717, 1.165) is 25.1 Å². The van der Waals surface area contributed by atoms with Crippen LogP contribution in [0, 0.1) is 0 Å². The van der Waals surface area contributed by atoms with E-state index in [-0.39, 0.29) is 24.0 Å². The quantitative estimate of drug-likeness (QED) is 0.899. The third-order valence-electron chi connectivity index (χ3n) is 2.73. The molecule has 1 atom stereocenters. The molecule has 0 aromatic heterocycles.